The maximum absolute atomic E-state index is 13.4. The number of para-hydroxylation sites is 1. The van der Waals surface area contributed by atoms with Crippen molar-refractivity contribution in [2.75, 3.05) is 23.5 Å². The fourth-order valence-electron chi connectivity index (χ4n) is 4.21. The molecule has 0 aliphatic carbocycles. The van der Waals surface area contributed by atoms with Gasteiger partial charge in [0.25, 0.3) is 11.8 Å². The molecule has 1 heterocycles. The van der Waals surface area contributed by atoms with Crippen LogP contribution >= 0.6 is 23.1 Å². The topological polar surface area (TPSA) is 109 Å². The van der Waals surface area contributed by atoms with Gasteiger partial charge < -0.3 is 20.7 Å². The zero-order valence-corrected chi connectivity index (χ0v) is 26.2. The third-order valence-electron chi connectivity index (χ3n) is 6.55. The van der Waals surface area contributed by atoms with Crippen LogP contribution in [0, 0.1) is 6.92 Å². The van der Waals surface area contributed by atoms with E-state index < -0.39 is 11.8 Å². The van der Waals surface area contributed by atoms with Gasteiger partial charge >= 0.3 is 0 Å². The van der Waals surface area contributed by atoms with Crippen molar-refractivity contribution in [2.45, 2.75) is 11.8 Å². The Bertz CT molecular complexity index is 1820. The van der Waals surface area contributed by atoms with Gasteiger partial charge in [0.15, 0.2) is 5.13 Å². The maximum Gasteiger partial charge on any atom is 0.272 e. The largest absolute Gasteiger partial charge is 0.496 e. The third kappa shape index (κ3) is 8.69. The molecule has 1 aromatic heterocycles. The lowest BCUT2D eigenvalue weighted by Gasteiger charge is -2.13. The standard InChI is InChI=1S/C35H30N4O4S2/c1-23-12-14-24(15-13-23)30-21-45-35(38-30)39-32(40)22-44-28-18-16-27(17-19-28)36-34(42)29(20-26-10-6-7-11-31(26)43-2)37-33(41)25-8-4-3-5-9-25/h3-21H,22H2,1-2H3,(H,36,42)(H,37,41)(H,38,39,40)/b29-20-. The minimum absolute atomic E-state index is 0.0520. The summed E-state index contributed by atoms with van der Waals surface area (Å²) in [6.45, 7) is 2.03. The van der Waals surface area contributed by atoms with Crippen molar-refractivity contribution in [3.63, 3.8) is 0 Å². The Kier molecular flexibility index (Phi) is 10.4. The Hall–Kier alpha value is -5.19. The molecule has 3 N–H and O–H groups in total. The van der Waals surface area contributed by atoms with Crippen LogP contribution in [-0.2, 0) is 9.59 Å². The molecule has 0 saturated carbocycles. The lowest BCUT2D eigenvalue weighted by atomic mass is 10.1. The zero-order chi connectivity index (χ0) is 31.6. The van der Waals surface area contributed by atoms with Crippen LogP contribution in [0.15, 0.2) is 119 Å². The summed E-state index contributed by atoms with van der Waals surface area (Å²) >= 11 is 2.75. The monoisotopic (exact) mass is 634 g/mol. The average molecular weight is 635 g/mol. The average Bonchev–Trinajstić information content (AvgIpc) is 3.53. The Morgan fingerprint density at radius 1 is 0.867 bits per heavy atom. The van der Waals surface area contributed by atoms with Gasteiger partial charge in [0.2, 0.25) is 5.91 Å². The molecule has 0 aliphatic rings. The fourth-order valence-corrected chi connectivity index (χ4v) is 5.64. The van der Waals surface area contributed by atoms with E-state index in [1.807, 2.05) is 66.9 Å². The smallest absolute Gasteiger partial charge is 0.272 e. The fraction of sp³-hybridized carbons (Fsp3) is 0.0857. The number of hydrogen-bond donors (Lipinski definition) is 3. The molecule has 8 nitrogen and oxygen atoms in total. The highest BCUT2D eigenvalue weighted by Crippen LogP contribution is 2.26. The van der Waals surface area contributed by atoms with E-state index in [1.165, 1.54) is 28.7 Å². The van der Waals surface area contributed by atoms with Crippen LogP contribution in [0.2, 0.25) is 0 Å². The molecule has 5 aromatic rings. The quantitative estimate of drug-likeness (QED) is 0.104. The predicted molar refractivity (Wildman–Crippen MR) is 182 cm³/mol. The molecule has 4 aromatic carbocycles. The summed E-state index contributed by atoms with van der Waals surface area (Å²) in [5, 5.41) is 10.9. The van der Waals surface area contributed by atoms with E-state index >= 15 is 0 Å². The van der Waals surface area contributed by atoms with Gasteiger partial charge in [-0.2, -0.15) is 0 Å². The number of nitrogens with zero attached hydrogens (tertiary/aromatic N) is 1. The lowest BCUT2D eigenvalue weighted by molar-refractivity contribution is -0.114. The Balaban J connectivity index is 1.20. The summed E-state index contributed by atoms with van der Waals surface area (Å²) in [6, 6.07) is 31.1. The number of amides is 3. The van der Waals surface area contributed by atoms with Crippen molar-refractivity contribution in [1.82, 2.24) is 10.3 Å². The van der Waals surface area contributed by atoms with Gasteiger partial charge in [-0.3, -0.25) is 14.4 Å². The van der Waals surface area contributed by atoms with Crippen LogP contribution in [0.4, 0.5) is 10.8 Å². The number of rotatable bonds is 11. The van der Waals surface area contributed by atoms with E-state index in [2.05, 4.69) is 20.9 Å². The summed E-state index contributed by atoms with van der Waals surface area (Å²) < 4.78 is 5.42. The molecule has 0 bridgehead atoms. The summed E-state index contributed by atoms with van der Waals surface area (Å²) in [5.41, 5.74) is 4.63. The van der Waals surface area contributed by atoms with Crippen LogP contribution in [0.25, 0.3) is 17.3 Å². The van der Waals surface area contributed by atoms with Gasteiger partial charge in [0.05, 0.1) is 18.6 Å². The second-order valence-electron chi connectivity index (χ2n) is 9.84. The van der Waals surface area contributed by atoms with Crippen LogP contribution < -0.4 is 20.7 Å². The van der Waals surface area contributed by atoms with Crippen LogP contribution in [0.3, 0.4) is 0 Å². The summed E-state index contributed by atoms with van der Waals surface area (Å²) in [7, 11) is 1.54. The van der Waals surface area contributed by atoms with Crippen LogP contribution in [0.1, 0.15) is 21.5 Å². The van der Waals surface area contributed by atoms with Crippen molar-refractivity contribution in [3.8, 4) is 17.0 Å². The van der Waals surface area contributed by atoms with Gasteiger partial charge in [-0.25, -0.2) is 4.98 Å². The normalized spacial score (nSPS) is 11.0. The van der Waals surface area contributed by atoms with Crippen molar-refractivity contribution in [2.24, 2.45) is 0 Å². The number of thioether (sulfide) groups is 1. The van der Waals surface area contributed by atoms with Crippen LogP contribution in [-0.4, -0.2) is 35.6 Å². The van der Waals surface area contributed by atoms with Gasteiger partial charge in [-0.15, -0.1) is 23.1 Å². The van der Waals surface area contributed by atoms with E-state index in [4.69, 9.17) is 4.74 Å². The van der Waals surface area contributed by atoms with Crippen molar-refractivity contribution >= 4 is 57.7 Å². The molecule has 226 valence electrons. The number of benzene rings is 4. The van der Waals surface area contributed by atoms with E-state index in [0.717, 1.165) is 16.2 Å². The van der Waals surface area contributed by atoms with Gasteiger partial charge in [0, 0.05) is 32.7 Å². The molecular formula is C35H30N4O4S2. The molecule has 0 fully saturated rings. The number of carbonyl (C=O) groups excluding carboxylic acids is 3. The lowest BCUT2D eigenvalue weighted by Crippen LogP contribution is -2.30. The molecule has 0 aliphatic heterocycles. The van der Waals surface area contributed by atoms with Crippen LogP contribution in [0.5, 0.6) is 5.75 Å². The second kappa shape index (κ2) is 15.0. The molecule has 0 unspecified atom stereocenters. The minimum atomic E-state index is -0.501. The number of aromatic nitrogens is 1. The first kappa shape index (κ1) is 31.2. The summed E-state index contributed by atoms with van der Waals surface area (Å²) in [4.78, 5) is 44.2. The Morgan fingerprint density at radius 3 is 2.31 bits per heavy atom. The number of aryl methyl sites for hydroxylation is 1. The molecule has 0 radical (unpaired) electrons. The predicted octanol–water partition coefficient (Wildman–Crippen LogP) is 7.27. The van der Waals surface area contributed by atoms with Gasteiger partial charge in [-0.1, -0.05) is 66.2 Å². The van der Waals surface area contributed by atoms with Crippen molar-refractivity contribution < 1.29 is 19.1 Å². The maximum atomic E-state index is 13.4. The van der Waals surface area contributed by atoms with E-state index in [1.54, 1.807) is 61.7 Å². The first-order chi connectivity index (χ1) is 21.9. The number of anilines is 2. The van der Waals surface area contributed by atoms with E-state index in [9.17, 15) is 14.4 Å². The Morgan fingerprint density at radius 2 is 1.58 bits per heavy atom. The molecule has 45 heavy (non-hydrogen) atoms. The molecule has 10 heteroatoms. The molecule has 0 saturated heterocycles. The van der Waals surface area contributed by atoms with Gasteiger partial charge in [-0.05, 0) is 55.5 Å². The second-order valence-corrected chi connectivity index (χ2v) is 11.7. The molecule has 5 rings (SSSR count). The summed E-state index contributed by atoms with van der Waals surface area (Å²) in [5.74, 6) is -0.326. The molecular weight excluding hydrogens is 605 g/mol. The van der Waals surface area contributed by atoms with Crippen molar-refractivity contribution in [3.05, 3.63) is 131 Å². The number of ether oxygens (including phenoxy) is 1. The summed E-state index contributed by atoms with van der Waals surface area (Å²) in [6.07, 6.45) is 1.57. The number of nitrogens with one attached hydrogen (secondary N) is 3. The third-order valence-corrected chi connectivity index (χ3v) is 8.32. The number of thiazole rings is 1. The number of carbonyl (C=O) groups is 3. The van der Waals surface area contributed by atoms with Gasteiger partial charge in [0.1, 0.15) is 11.4 Å². The highest BCUT2D eigenvalue weighted by molar-refractivity contribution is 8.00. The number of hydrogen-bond acceptors (Lipinski definition) is 7. The first-order valence-electron chi connectivity index (χ1n) is 14.0. The number of methoxy groups -OCH3 is 1. The van der Waals surface area contributed by atoms with E-state index in [0.29, 0.717) is 27.7 Å². The molecule has 3 amide bonds. The first-order valence-corrected chi connectivity index (χ1v) is 15.8. The SMILES string of the molecule is COc1ccccc1/C=C(\NC(=O)c1ccccc1)C(=O)Nc1ccc(SCC(=O)Nc2nc(-c3ccc(C)cc3)cs2)cc1. The van der Waals surface area contributed by atoms with Crippen molar-refractivity contribution in [1.29, 1.82) is 0 Å². The molecule has 0 atom stereocenters. The zero-order valence-electron chi connectivity index (χ0n) is 24.6. The molecule has 0 spiro atoms. The highest BCUT2D eigenvalue weighted by Gasteiger charge is 2.16. The highest BCUT2D eigenvalue weighted by atomic mass is 32.2. The minimum Gasteiger partial charge on any atom is -0.496 e. The Labute approximate surface area is 269 Å². The van der Waals surface area contributed by atoms with E-state index in [-0.39, 0.29) is 17.4 Å².